The molecule has 2 fully saturated rings. The fourth-order valence-corrected chi connectivity index (χ4v) is 6.48. The van der Waals surface area contributed by atoms with E-state index in [4.69, 9.17) is 19.9 Å². The van der Waals surface area contributed by atoms with Gasteiger partial charge in [0.2, 0.25) is 10.0 Å². The van der Waals surface area contributed by atoms with Crippen molar-refractivity contribution in [3.8, 4) is 0 Å². The molecule has 4 rings (SSSR count). The number of ether oxygens (including phenoxy) is 3. The maximum atomic E-state index is 13.5. The van der Waals surface area contributed by atoms with E-state index >= 15 is 0 Å². The number of nitrogens with two attached hydrogens (primary N) is 1. The van der Waals surface area contributed by atoms with Crippen molar-refractivity contribution in [2.75, 3.05) is 26.3 Å². The van der Waals surface area contributed by atoms with E-state index in [1.165, 1.54) is 16.4 Å². The van der Waals surface area contributed by atoms with Crippen LogP contribution in [0.1, 0.15) is 25.8 Å². The Morgan fingerprint density at radius 2 is 1.84 bits per heavy atom. The quantitative estimate of drug-likeness (QED) is 0.442. The number of halogens is 1. The molecule has 0 radical (unpaired) electrons. The summed E-state index contributed by atoms with van der Waals surface area (Å²) < 4.78 is 58.4. The number of sulfonamides is 1. The first-order valence-electron chi connectivity index (χ1n) is 12.9. The number of carbonyl (C=O) groups is 1. The zero-order valence-electron chi connectivity index (χ0n) is 21.7. The molecule has 2 heterocycles. The topological polar surface area (TPSA) is 120 Å². The van der Waals surface area contributed by atoms with E-state index in [-0.39, 0.29) is 42.7 Å². The number of nitrogens with zero attached hydrogens (tertiary/aromatic N) is 1. The number of benzene rings is 2. The Hall–Kier alpha value is -2.57. The summed E-state index contributed by atoms with van der Waals surface area (Å²) in [6, 6.07) is 12.8. The Bertz CT molecular complexity index is 1170. The highest BCUT2D eigenvalue weighted by molar-refractivity contribution is 7.89. The van der Waals surface area contributed by atoms with E-state index in [1.54, 1.807) is 0 Å². The molecule has 0 spiro atoms. The highest BCUT2D eigenvalue weighted by atomic mass is 32.2. The molecular weight excluding hydrogens is 513 g/mol. The minimum Gasteiger partial charge on any atom is -0.443 e. The lowest BCUT2D eigenvalue weighted by molar-refractivity contribution is -0.0907. The smallest absolute Gasteiger partial charge is 0.407 e. The zero-order chi connectivity index (χ0) is 27.3. The summed E-state index contributed by atoms with van der Waals surface area (Å²) in [7, 11) is -3.96. The average molecular weight is 550 g/mol. The maximum absolute atomic E-state index is 13.5. The van der Waals surface area contributed by atoms with Crippen LogP contribution in [0.5, 0.6) is 0 Å². The van der Waals surface area contributed by atoms with Gasteiger partial charge in [0.05, 0.1) is 30.1 Å². The minimum atomic E-state index is -3.96. The largest absolute Gasteiger partial charge is 0.443 e. The van der Waals surface area contributed by atoms with Crippen LogP contribution >= 0.6 is 0 Å². The normalized spacial score (nSPS) is 22.8. The van der Waals surface area contributed by atoms with Gasteiger partial charge in [0.15, 0.2) is 6.29 Å². The second-order valence-electron chi connectivity index (χ2n) is 10.2. The predicted molar refractivity (Wildman–Crippen MR) is 139 cm³/mol. The highest BCUT2D eigenvalue weighted by Crippen LogP contribution is 2.33. The molecule has 5 atom stereocenters. The summed E-state index contributed by atoms with van der Waals surface area (Å²) in [5, 5.41) is 2.88. The second kappa shape index (κ2) is 12.5. The molecule has 3 N–H and O–H groups in total. The van der Waals surface area contributed by atoms with Crippen LogP contribution in [0.15, 0.2) is 59.5 Å². The van der Waals surface area contributed by atoms with Gasteiger partial charge in [-0.15, -0.1) is 0 Å². The summed E-state index contributed by atoms with van der Waals surface area (Å²) in [6.07, 6.45) is -0.288. The molecule has 2 aliphatic rings. The molecule has 5 unspecified atom stereocenters. The fourth-order valence-electron chi connectivity index (χ4n) is 4.84. The maximum Gasteiger partial charge on any atom is 0.407 e. The van der Waals surface area contributed by atoms with Gasteiger partial charge >= 0.3 is 6.09 Å². The van der Waals surface area contributed by atoms with E-state index in [1.807, 2.05) is 44.2 Å². The number of amides is 1. The van der Waals surface area contributed by atoms with Gasteiger partial charge < -0.3 is 25.3 Å². The lowest BCUT2D eigenvalue weighted by Gasteiger charge is -2.31. The molecule has 0 saturated carbocycles. The summed E-state index contributed by atoms with van der Waals surface area (Å²) >= 11 is 0. The lowest BCUT2D eigenvalue weighted by Crippen LogP contribution is -2.55. The van der Waals surface area contributed by atoms with E-state index in [0.717, 1.165) is 24.1 Å². The minimum absolute atomic E-state index is 0.00636. The molecule has 9 nitrogen and oxygen atoms in total. The van der Waals surface area contributed by atoms with Gasteiger partial charge in [0.25, 0.3) is 0 Å². The van der Waals surface area contributed by atoms with Gasteiger partial charge in [0, 0.05) is 19.1 Å². The molecular formula is C27H36FN3O6S. The Labute approximate surface area is 223 Å². The van der Waals surface area contributed by atoms with Crippen molar-refractivity contribution in [3.63, 3.8) is 0 Å². The Kier molecular flexibility index (Phi) is 9.37. The number of hydrogen-bond acceptors (Lipinski definition) is 7. The van der Waals surface area contributed by atoms with Gasteiger partial charge in [-0.25, -0.2) is 17.6 Å². The standard InChI is InChI=1S/C27H36FN3O6S/c1-18(2)15-31(38(33,34)21-10-8-20(28)9-11-21)16-23(29)24(14-19-6-4-3-5-7-19)30-27(32)37-25-17-36-26-22(25)12-13-35-26/h3-11,18,22-26H,12-17,29H2,1-2H3,(H,30,32). The van der Waals surface area contributed by atoms with E-state index in [9.17, 15) is 17.6 Å². The van der Waals surface area contributed by atoms with Crippen LogP contribution in [0.25, 0.3) is 0 Å². The van der Waals surface area contributed by atoms with Crippen LogP contribution in [-0.2, 0) is 30.7 Å². The summed E-state index contributed by atoms with van der Waals surface area (Å²) in [5.41, 5.74) is 7.53. The molecule has 1 amide bonds. The molecule has 0 aliphatic carbocycles. The van der Waals surface area contributed by atoms with Crippen LogP contribution in [0.3, 0.4) is 0 Å². The molecule has 11 heteroatoms. The number of nitrogens with one attached hydrogen (secondary N) is 1. The molecule has 0 bridgehead atoms. The number of rotatable bonds is 11. The predicted octanol–water partition coefficient (Wildman–Crippen LogP) is 2.90. The van der Waals surface area contributed by atoms with E-state index in [2.05, 4.69) is 5.32 Å². The fraction of sp³-hybridized carbons (Fsp3) is 0.519. The first kappa shape index (κ1) is 28.4. The van der Waals surface area contributed by atoms with Gasteiger partial charge in [-0.2, -0.15) is 4.31 Å². The van der Waals surface area contributed by atoms with Gasteiger partial charge in [-0.1, -0.05) is 44.2 Å². The van der Waals surface area contributed by atoms with Crippen LogP contribution < -0.4 is 11.1 Å². The summed E-state index contributed by atoms with van der Waals surface area (Å²) in [4.78, 5) is 12.9. The lowest BCUT2D eigenvalue weighted by atomic mass is 9.99. The Morgan fingerprint density at radius 1 is 1.13 bits per heavy atom. The Morgan fingerprint density at radius 3 is 2.53 bits per heavy atom. The van der Waals surface area contributed by atoms with Crippen molar-refractivity contribution in [3.05, 3.63) is 66.0 Å². The monoisotopic (exact) mass is 549 g/mol. The highest BCUT2D eigenvalue weighted by Gasteiger charge is 2.44. The molecule has 208 valence electrons. The Balaban J connectivity index is 1.51. The number of alkyl carbamates (subject to hydrolysis) is 1. The number of hydrogen-bond donors (Lipinski definition) is 2. The van der Waals surface area contributed by atoms with Gasteiger partial charge in [0.1, 0.15) is 11.9 Å². The molecule has 2 saturated heterocycles. The second-order valence-corrected chi connectivity index (χ2v) is 12.2. The van der Waals surface area contributed by atoms with Crippen molar-refractivity contribution < 1.29 is 31.8 Å². The van der Waals surface area contributed by atoms with Crippen molar-refractivity contribution in [1.82, 2.24) is 9.62 Å². The first-order chi connectivity index (χ1) is 18.1. The SMILES string of the molecule is CC(C)CN(CC(N)C(Cc1ccccc1)NC(=O)OC1COC2OCCC12)S(=O)(=O)c1ccc(F)cc1. The van der Waals surface area contributed by atoms with E-state index < -0.39 is 40.1 Å². The van der Waals surface area contributed by atoms with Crippen LogP contribution in [-0.4, -0.2) is 69.6 Å². The van der Waals surface area contributed by atoms with Crippen molar-refractivity contribution in [1.29, 1.82) is 0 Å². The number of fused-ring (bicyclic) bond motifs is 1. The molecule has 2 aromatic carbocycles. The summed E-state index contributed by atoms with van der Waals surface area (Å²) in [6.45, 7) is 4.78. The van der Waals surface area contributed by atoms with E-state index in [0.29, 0.717) is 13.0 Å². The average Bonchev–Trinajstić information content (AvgIpc) is 3.49. The molecule has 0 aromatic heterocycles. The third kappa shape index (κ3) is 7.09. The van der Waals surface area contributed by atoms with Crippen LogP contribution in [0, 0.1) is 17.7 Å². The van der Waals surface area contributed by atoms with Crippen molar-refractivity contribution >= 4 is 16.1 Å². The van der Waals surface area contributed by atoms with Crippen molar-refractivity contribution in [2.45, 2.75) is 56.1 Å². The third-order valence-corrected chi connectivity index (χ3v) is 8.64. The number of carbonyl (C=O) groups excluding carboxylic acids is 1. The third-order valence-electron chi connectivity index (χ3n) is 6.80. The van der Waals surface area contributed by atoms with Crippen LogP contribution in [0.2, 0.25) is 0 Å². The first-order valence-corrected chi connectivity index (χ1v) is 14.3. The van der Waals surface area contributed by atoms with Gasteiger partial charge in [-0.05, 0) is 48.6 Å². The molecule has 2 aliphatic heterocycles. The molecule has 38 heavy (non-hydrogen) atoms. The van der Waals surface area contributed by atoms with Crippen LogP contribution in [0.4, 0.5) is 9.18 Å². The van der Waals surface area contributed by atoms with Crippen molar-refractivity contribution in [2.24, 2.45) is 17.6 Å². The molecule has 2 aromatic rings. The summed E-state index contributed by atoms with van der Waals surface area (Å²) in [5.74, 6) is -0.527. The zero-order valence-corrected chi connectivity index (χ0v) is 22.5. The van der Waals surface area contributed by atoms with Gasteiger partial charge in [-0.3, -0.25) is 0 Å².